The van der Waals surface area contributed by atoms with Crippen molar-refractivity contribution in [2.75, 3.05) is 12.4 Å². The van der Waals surface area contributed by atoms with Gasteiger partial charge >= 0.3 is 0 Å². The van der Waals surface area contributed by atoms with E-state index >= 15 is 0 Å². The van der Waals surface area contributed by atoms with E-state index in [1.165, 1.54) is 24.3 Å². The number of thiazole rings is 1. The quantitative estimate of drug-likeness (QED) is 0.640. The second-order valence-corrected chi connectivity index (χ2v) is 7.18. The van der Waals surface area contributed by atoms with Crippen molar-refractivity contribution in [1.29, 1.82) is 0 Å². The van der Waals surface area contributed by atoms with Gasteiger partial charge in [0, 0.05) is 16.5 Å². The Kier molecular flexibility index (Phi) is 5.89. The Morgan fingerprint density at radius 2 is 1.79 bits per heavy atom. The van der Waals surface area contributed by atoms with Crippen LogP contribution in [0.2, 0.25) is 0 Å². The van der Waals surface area contributed by atoms with E-state index in [-0.39, 0.29) is 5.75 Å². The first-order valence-corrected chi connectivity index (χ1v) is 9.23. The molecular formula is C20H18F2N2O3S. The first kappa shape index (κ1) is 19.8. The number of ether oxygens (including phenoxy) is 2. The number of rotatable bonds is 6. The lowest BCUT2D eigenvalue weighted by Crippen LogP contribution is -2.30. The summed E-state index contributed by atoms with van der Waals surface area (Å²) >= 11 is 1.34. The molecule has 2 aromatic carbocycles. The second kappa shape index (κ2) is 8.35. The van der Waals surface area contributed by atoms with Crippen LogP contribution in [0.3, 0.4) is 0 Å². The molecule has 5 nitrogen and oxygen atoms in total. The lowest BCUT2D eigenvalue weighted by molar-refractivity contribution is -0.122. The highest BCUT2D eigenvalue weighted by atomic mass is 32.1. The molecule has 0 radical (unpaired) electrons. The number of methoxy groups -OCH3 is 1. The molecule has 0 bridgehead atoms. The van der Waals surface area contributed by atoms with Gasteiger partial charge in [-0.15, -0.1) is 11.3 Å². The molecule has 146 valence electrons. The van der Waals surface area contributed by atoms with E-state index in [4.69, 9.17) is 9.47 Å². The predicted octanol–water partition coefficient (Wildman–Crippen LogP) is 4.81. The van der Waals surface area contributed by atoms with Crippen LogP contribution in [0.5, 0.6) is 11.5 Å². The number of aryl methyl sites for hydroxylation is 1. The molecule has 1 aromatic heterocycles. The topological polar surface area (TPSA) is 60.5 Å². The van der Waals surface area contributed by atoms with Crippen molar-refractivity contribution in [3.63, 3.8) is 0 Å². The van der Waals surface area contributed by atoms with Gasteiger partial charge in [-0.3, -0.25) is 10.1 Å². The van der Waals surface area contributed by atoms with Gasteiger partial charge in [-0.1, -0.05) is 0 Å². The van der Waals surface area contributed by atoms with Crippen LogP contribution in [0.4, 0.5) is 13.9 Å². The number of hydrogen-bond acceptors (Lipinski definition) is 5. The van der Waals surface area contributed by atoms with Crippen LogP contribution in [0.15, 0.2) is 42.5 Å². The zero-order chi connectivity index (χ0) is 20.3. The van der Waals surface area contributed by atoms with E-state index in [1.807, 2.05) is 31.2 Å². The first-order chi connectivity index (χ1) is 13.4. The summed E-state index contributed by atoms with van der Waals surface area (Å²) < 4.78 is 36.8. The standard InChI is InChI=1S/C20H18F2N2O3S/c1-11(27-15-8-9-16(21)17(22)10-15)19(25)24-20-23-18(12(2)28-20)13-4-6-14(26-3)7-5-13/h4-11H,1-3H3,(H,23,24,25). The maximum Gasteiger partial charge on any atom is 0.266 e. The van der Waals surface area contributed by atoms with Gasteiger partial charge in [0.15, 0.2) is 22.9 Å². The van der Waals surface area contributed by atoms with Gasteiger partial charge in [0.1, 0.15) is 11.5 Å². The molecule has 1 amide bonds. The third kappa shape index (κ3) is 4.45. The minimum atomic E-state index is -1.04. The molecule has 0 saturated heterocycles. The van der Waals surface area contributed by atoms with Gasteiger partial charge in [-0.05, 0) is 50.2 Å². The molecule has 1 unspecified atom stereocenters. The number of hydrogen-bond donors (Lipinski definition) is 1. The summed E-state index contributed by atoms with van der Waals surface area (Å²) in [6.07, 6.45) is -0.918. The Morgan fingerprint density at radius 3 is 2.43 bits per heavy atom. The largest absolute Gasteiger partial charge is 0.497 e. The van der Waals surface area contributed by atoms with Crippen molar-refractivity contribution in [3.05, 3.63) is 59.0 Å². The van der Waals surface area contributed by atoms with Crippen LogP contribution in [0.1, 0.15) is 11.8 Å². The molecule has 1 heterocycles. The minimum Gasteiger partial charge on any atom is -0.497 e. The molecule has 0 aliphatic rings. The maximum atomic E-state index is 13.3. The fourth-order valence-corrected chi connectivity index (χ4v) is 3.32. The zero-order valence-corrected chi connectivity index (χ0v) is 16.3. The van der Waals surface area contributed by atoms with Gasteiger partial charge in [0.25, 0.3) is 5.91 Å². The SMILES string of the molecule is COc1ccc(-c2nc(NC(=O)C(C)Oc3ccc(F)c(F)c3)sc2C)cc1. The number of nitrogens with one attached hydrogen (secondary N) is 1. The Labute approximate surface area is 164 Å². The van der Waals surface area contributed by atoms with Crippen molar-refractivity contribution in [2.24, 2.45) is 0 Å². The smallest absolute Gasteiger partial charge is 0.266 e. The number of nitrogens with zero attached hydrogens (tertiary/aromatic N) is 1. The number of carbonyl (C=O) groups excluding carboxylic acids is 1. The van der Waals surface area contributed by atoms with Gasteiger partial charge in [-0.2, -0.15) is 0 Å². The fraction of sp³-hybridized carbons (Fsp3) is 0.200. The number of carbonyl (C=O) groups is 1. The van der Waals surface area contributed by atoms with Gasteiger partial charge in [0.2, 0.25) is 0 Å². The van der Waals surface area contributed by atoms with Crippen LogP contribution in [0.25, 0.3) is 11.3 Å². The molecule has 0 aliphatic heterocycles. The summed E-state index contributed by atoms with van der Waals surface area (Å²) in [7, 11) is 1.60. The summed E-state index contributed by atoms with van der Waals surface area (Å²) in [5.41, 5.74) is 1.67. The van der Waals surface area contributed by atoms with Crippen molar-refractivity contribution >= 4 is 22.4 Å². The Morgan fingerprint density at radius 1 is 1.11 bits per heavy atom. The molecule has 28 heavy (non-hydrogen) atoms. The monoisotopic (exact) mass is 404 g/mol. The molecule has 3 rings (SSSR count). The van der Waals surface area contributed by atoms with Crippen LogP contribution < -0.4 is 14.8 Å². The molecule has 0 spiro atoms. The van der Waals surface area contributed by atoms with Crippen molar-refractivity contribution < 1.29 is 23.0 Å². The molecule has 8 heteroatoms. The molecule has 1 N–H and O–H groups in total. The minimum absolute atomic E-state index is 0.0655. The van der Waals surface area contributed by atoms with E-state index in [1.54, 1.807) is 7.11 Å². The number of amides is 1. The van der Waals surface area contributed by atoms with Crippen molar-refractivity contribution in [1.82, 2.24) is 4.98 Å². The van der Waals surface area contributed by atoms with E-state index < -0.39 is 23.6 Å². The summed E-state index contributed by atoms with van der Waals surface area (Å²) in [5.74, 6) is -1.65. The van der Waals surface area contributed by atoms with E-state index in [2.05, 4.69) is 10.3 Å². The first-order valence-electron chi connectivity index (χ1n) is 8.42. The lowest BCUT2D eigenvalue weighted by atomic mass is 10.1. The van der Waals surface area contributed by atoms with Gasteiger partial charge in [0.05, 0.1) is 12.8 Å². The van der Waals surface area contributed by atoms with Crippen LogP contribution >= 0.6 is 11.3 Å². The number of halogens is 2. The van der Waals surface area contributed by atoms with E-state index in [0.29, 0.717) is 5.13 Å². The fourth-order valence-electron chi connectivity index (χ4n) is 2.48. The summed E-state index contributed by atoms with van der Waals surface area (Å²) in [6.45, 7) is 3.43. The molecule has 3 aromatic rings. The van der Waals surface area contributed by atoms with Crippen LogP contribution in [0, 0.1) is 18.6 Å². The summed E-state index contributed by atoms with van der Waals surface area (Å²) in [5, 5.41) is 3.12. The normalized spacial score (nSPS) is 11.8. The summed E-state index contributed by atoms with van der Waals surface area (Å²) in [6, 6.07) is 10.6. The number of benzene rings is 2. The van der Waals surface area contributed by atoms with Gasteiger partial charge < -0.3 is 9.47 Å². The predicted molar refractivity (Wildman–Crippen MR) is 104 cm³/mol. The van der Waals surface area contributed by atoms with Crippen LogP contribution in [-0.2, 0) is 4.79 Å². The van der Waals surface area contributed by atoms with E-state index in [9.17, 15) is 13.6 Å². The van der Waals surface area contributed by atoms with Gasteiger partial charge in [-0.25, -0.2) is 13.8 Å². The molecule has 0 fully saturated rings. The third-order valence-corrected chi connectivity index (χ3v) is 4.85. The van der Waals surface area contributed by atoms with Crippen LogP contribution in [-0.4, -0.2) is 24.1 Å². The lowest BCUT2D eigenvalue weighted by Gasteiger charge is -2.13. The van der Waals surface area contributed by atoms with Crippen molar-refractivity contribution in [2.45, 2.75) is 20.0 Å². The Hall–Kier alpha value is -3.00. The highest BCUT2D eigenvalue weighted by Gasteiger charge is 2.18. The molecular weight excluding hydrogens is 386 g/mol. The second-order valence-electron chi connectivity index (χ2n) is 5.98. The average molecular weight is 404 g/mol. The number of anilines is 1. The zero-order valence-electron chi connectivity index (χ0n) is 15.5. The highest BCUT2D eigenvalue weighted by molar-refractivity contribution is 7.16. The molecule has 0 saturated carbocycles. The Bertz CT molecular complexity index is 990. The summed E-state index contributed by atoms with van der Waals surface area (Å²) in [4.78, 5) is 17.8. The maximum absolute atomic E-state index is 13.3. The third-order valence-electron chi connectivity index (χ3n) is 3.96. The number of aromatic nitrogens is 1. The highest BCUT2D eigenvalue weighted by Crippen LogP contribution is 2.31. The van der Waals surface area contributed by atoms with Crippen molar-refractivity contribution in [3.8, 4) is 22.8 Å². The molecule has 1 atom stereocenters. The molecule has 0 aliphatic carbocycles. The van der Waals surface area contributed by atoms with E-state index in [0.717, 1.165) is 34.0 Å². The Balaban J connectivity index is 1.68. The average Bonchev–Trinajstić information content (AvgIpc) is 3.04.